The molecule has 198 valence electrons. The van der Waals surface area contributed by atoms with Crippen molar-refractivity contribution in [2.45, 2.75) is 6.92 Å². The predicted octanol–water partition coefficient (Wildman–Crippen LogP) is 5.29. The van der Waals surface area contributed by atoms with Gasteiger partial charge < -0.3 is 18.9 Å². The van der Waals surface area contributed by atoms with E-state index in [4.69, 9.17) is 23.9 Å². The zero-order valence-corrected chi connectivity index (χ0v) is 21.4. The molecule has 0 atom stereocenters. The van der Waals surface area contributed by atoms with Crippen LogP contribution in [0.25, 0.3) is 22.3 Å². The van der Waals surface area contributed by atoms with Crippen molar-refractivity contribution in [2.75, 3.05) is 13.4 Å². The van der Waals surface area contributed by atoms with Crippen LogP contribution in [-0.2, 0) is 0 Å². The quantitative estimate of drug-likeness (QED) is 0.159. The molecule has 40 heavy (non-hydrogen) atoms. The molecule has 0 amide bonds. The largest absolute Gasteiger partial charge is 0.490 e. The van der Waals surface area contributed by atoms with Crippen LogP contribution < -0.4 is 24.5 Å². The summed E-state index contributed by atoms with van der Waals surface area (Å²) in [4.78, 5) is 31.0. The molecule has 0 N–H and O–H groups in total. The lowest BCUT2D eigenvalue weighted by Crippen LogP contribution is -2.20. The van der Waals surface area contributed by atoms with Crippen molar-refractivity contribution in [1.29, 1.82) is 0 Å². The Morgan fingerprint density at radius 2 is 1.75 bits per heavy atom. The predicted molar refractivity (Wildman–Crippen MR) is 150 cm³/mol. The topological polar surface area (TPSA) is 101 Å². The minimum Gasteiger partial charge on any atom is -0.490 e. The van der Waals surface area contributed by atoms with Gasteiger partial charge in [-0.05, 0) is 61.0 Å². The number of benzene rings is 4. The fourth-order valence-electron chi connectivity index (χ4n) is 4.27. The molecule has 0 aliphatic carbocycles. The number of para-hydroxylation sites is 1. The van der Waals surface area contributed by atoms with Crippen LogP contribution in [0.1, 0.15) is 22.8 Å². The molecule has 2 heterocycles. The highest BCUT2D eigenvalue weighted by molar-refractivity contribution is 5.92. The molecule has 0 bridgehead atoms. The summed E-state index contributed by atoms with van der Waals surface area (Å²) in [5.74, 6) is 1.51. The van der Waals surface area contributed by atoms with Crippen LogP contribution in [-0.4, -0.2) is 35.2 Å². The van der Waals surface area contributed by atoms with Gasteiger partial charge in [0.05, 0.1) is 29.3 Å². The third-order valence-corrected chi connectivity index (χ3v) is 6.19. The summed E-state index contributed by atoms with van der Waals surface area (Å²) in [6.07, 6.45) is 1.54. The van der Waals surface area contributed by atoms with E-state index in [-0.39, 0.29) is 18.1 Å². The monoisotopic (exact) mass is 533 g/mol. The Morgan fingerprint density at radius 1 is 0.950 bits per heavy atom. The van der Waals surface area contributed by atoms with E-state index in [0.717, 1.165) is 5.56 Å². The fraction of sp³-hybridized carbons (Fsp3) is 0.0968. The number of esters is 1. The van der Waals surface area contributed by atoms with E-state index in [2.05, 4.69) is 5.10 Å². The highest BCUT2D eigenvalue weighted by Gasteiger charge is 2.19. The Kier molecular flexibility index (Phi) is 6.68. The van der Waals surface area contributed by atoms with Gasteiger partial charge in [0.15, 0.2) is 28.8 Å². The molecule has 1 aliphatic heterocycles. The van der Waals surface area contributed by atoms with E-state index >= 15 is 0 Å². The van der Waals surface area contributed by atoms with E-state index in [1.807, 2.05) is 43.3 Å². The van der Waals surface area contributed by atoms with Gasteiger partial charge >= 0.3 is 5.97 Å². The lowest BCUT2D eigenvalue weighted by molar-refractivity contribution is 0.0728. The summed E-state index contributed by atoms with van der Waals surface area (Å²) in [7, 11) is 0. The van der Waals surface area contributed by atoms with Gasteiger partial charge in [0, 0.05) is 5.56 Å². The van der Waals surface area contributed by atoms with Crippen LogP contribution in [0.15, 0.2) is 101 Å². The minimum atomic E-state index is -0.568. The summed E-state index contributed by atoms with van der Waals surface area (Å²) in [6, 6.07) is 26.4. The highest BCUT2D eigenvalue weighted by Crippen LogP contribution is 2.34. The van der Waals surface area contributed by atoms with E-state index in [1.165, 1.54) is 10.9 Å². The Morgan fingerprint density at radius 3 is 2.60 bits per heavy atom. The number of hydrogen-bond acceptors (Lipinski definition) is 8. The van der Waals surface area contributed by atoms with Crippen LogP contribution in [0.2, 0.25) is 0 Å². The van der Waals surface area contributed by atoms with Gasteiger partial charge in [-0.25, -0.2) is 9.78 Å². The third kappa shape index (κ3) is 4.88. The fourth-order valence-corrected chi connectivity index (χ4v) is 4.27. The summed E-state index contributed by atoms with van der Waals surface area (Å²) < 4.78 is 23.3. The van der Waals surface area contributed by atoms with Gasteiger partial charge in [0.2, 0.25) is 6.79 Å². The molecule has 0 radical (unpaired) electrons. The van der Waals surface area contributed by atoms with Crippen LogP contribution >= 0.6 is 0 Å². The number of hydrogen-bond donors (Lipinski definition) is 0. The minimum absolute atomic E-state index is 0.111. The molecule has 9 heteroatoms. The molecule has 0 fully saturated rings. The van der Waals surface area contributed by atoms with Crippen molar-refractivity contribution in [3.05, 3.63) is 112 Å². The molecule has 1 aliphatic rings. The van der Waals surface area contributed by atoms with Crippen molar-refractivity contribution in [1.82, 2.24) is 9.66 Å². The number of carbonyl (C=O) groups is 1. The van der Waals surface area contributed by atoms with E-state index in [1.54, 1.807) is 54.6 Å². The molecule has 9 nitrogen and oxygen atoms in total. The molecule has 1 aromatic heterocycles. The first kappa shape index (κ1) is 24.9. The maximum atomic E-state index is 13.4. The number of fused-ring (bicyclic) bond motifs is 2. The normalized spacial score (nSPS) is 12.1. The second kappa shape index (κ2) is 10.7. The number of carbonyl (C=O) groups excluding carboxylic acids is 1. The second-order valence-electron chi connectivity index (χ2n) is 8.78. The highest BCUT2D eigenvalue weighted by atomic mass is 16.7. The van der Waals surface area contributed by atoms with Crippen LogP contribution in [0.5, 0.6) is 23.0 Å². The molecule has 5 aromatic rings. The Bertz CT molecular complexity index is 1810. The SMILES string of the molecule is CCOc1cc(C=Nn2c(-c3ccccc3)nc3ccccc3c2=O)ccc1OC(=O)c1ccc2c(c1)OCO2. The van der Waals surface area contributed by atoms with Gasteiger partial charge in [-0.1, -0.05) is 42.5 Å². The Labute approximate surface area is 228 Å². The lowest BCUT2D eigenvalue weighted by atomic mass is 10.2. The van der Waals surface area contributed by atoms with Gasteiger partial charge in [0.25, 0.3) is 5.56 Å². The first-order valence-electron chi connectivity index (χ1n) is 12.6. The van der Waals surface area contributed by atoms with Crippen LogP contribution in [0.4, 0.5) is 0 Å². The van der Waals surface area contributed by atoms with Crippen molar-refractivity contribution in [3.63, 3.8) is 0 Å². The molecular formula is C31H23N3O6. The lowest BCUT2D eigenvalue weighted by Gasteiger charge is -2.12. The van der Waals surface area contributed by atoms with Crippen molar-refractivity contribution >= 4 is 23.1 Å². The van der Waals surface area contributed by atoms with Crippen molar-refractivity contribution in [2.24, 2.45) is 5.10 Å². The number of aromatic nitrogens is 2. The molecule has 0 saturated carbocycles. The standard InChI is InChI=1S/C31H23N3O6/c1-2-37-27-16-20(12-14-26(27)40-31(36)22-13-15-25-28(17-22)39-19-38-25)18-32-34-29(21-8-4-3-5-9-21)33-24-11-7-6-10-23(24)30(34)35/h3-18H,2,19H2,1H3. The van der Waals surface area contributed by atoms with E-state index in [0.29, 0.717) is 51.7 Å². The number of nitrogens with zero attached hydrogens (tertiary/aromatic N) is 3. The number of rotatable bonds is 7. The van der Waals surface area contributed by atoms with Crippen molar-refractivity contribution in [3.8, 4) is 34.4 Å². The van der Waals surface area contributed by atoms with E-state index < -0.39 is 5.97 Å². The first-order chi connectivity index (χ1) is 19.6. The van der Waals surface area contributed by atoms with Gasteiger partial charge in [-0.15, -0.1) is 0 Å². The smallest absolute Gasteiger partial charge is 0.343 e. The number of ether oxygens (including phenoxy) is 4. The van der Waals surface area contributed by atoms with Crippen LogP contribution in [0, 0.1) is 0 Å². The molecular weight excluding hydrogens is 510 g/mol. The summed E-state index contributed by atoms with van der Waals surface area (Å²) in [6.45, 7) is 2.29. The summed E-state index contributed by atoms with van der Waals surface area (Å²) in [5, 5.41) is 4.96. The molecule has 6 rings (SSSR count). The zero-order chi connectivity index (χ0) is 27.5. The van der Waals surface area contributed by atoms with Gasteiger partial charge in [-0.3, -0.25) is 4.79 Å². The van der Waals surface area contributed by atoms with Gasteiger partial charge in [-0.2, -0.15) is 9.78 Å². The summed E-state index contributed by atoms with van der Waals surface area (Å²) >= 11 is 0. The molecule has 4 aromatic carbocycles. The molecule has 0 saturated heterocycles. The van der Waals surface area contributed by atoms with Gasteiger partial charge in [0.1, 0.15) is 0 Å². The average molecular weight is 534 g/mol. The average Bonchev–Trinajstić information content (AvgIpc) is 3.46. The second-order valence-corrected chi connectivity index (χ2v) is 8.78. The molecule has 0 unspecified atom stereocenters. The summed E-state index contributed by atoms with van der Waals surface area (Å²) in [5.41, 5.74) is 1.99. The van der Waals surface area contributed by atoms with E-state index in [9.17, 15) is 9.59 Å². The molecule has 0 spiro atoms. The zero-order valence-electron chi connectivity index (χ0n) is 21.4. The maximum Gasteiger partial charge on any atom is 0.343 e. The van der Waals surface area contributed by atoms with Crippen molar-refractivity contribution < 1.29 is 23.7 Å². The van der Waals surface area contributed by atoms with Crippen LogP contribution in [0.3, 0.4) is 0 Å². The Balaban J connectivity index is 1.33. The third-order valence-electron chi connectivity index (χ3n) is 6.19. The Hall–Kier alpha value is -5.44. The maximum absolute atomic E-state index is 13.4. The first-order valence-corrected chi connectivity index (χ1v) is 12.6.